The highest BCUT2D eigenvalue weighted by Crippen LogP contribution is 2.26. The summed E-state index contributed by atoms with van der Waals surface area (Å²) in [6.45, 7) is 0. The second-order valence-corrected chi connectivity index (χ2v) is 6.68. The van der Waals surface area contributed by atoms with E-state index in [0.29, 0.717) is 17.2 Å². The third-order valence-electron chi connectivity index (χ3n) is 3.92. The molecule has 0 saturated heterocycles. The van der Waals surface area contributed by atoms with Crippen LogP contribution in [0.2, 0.25) is 0 Å². The molecule has 3 aromatic rings. The Kier molecular flexibility index (Phi) is 6.75. The number of benzene rings is 3. The van der Waals surface area contributed by atoms with Gasteiger partial charge in [0.15, 0.2) is 0 Å². The molecule has 7 heteroatoms. The number of azo groups is 1. The zero-order chi connectivity index (χ0) is 19.8. The van der Waals surface area contributed by atoms with Gasteiger partial charge in [-0.05, 0) is 36.2 Å². The summed E-state index contributed by atoms with van der Waals surface area (Å²) in [6, 6.07) is 21.3. The van der Waals surface area contributed by atoms with Gasteiger partial charge in [0.25, 0.3) is 0 Å². The molecule has 3 aromatic carbocycles. The third-order valence-corrected chi connectivity index (χ3v) is 4.31. The number of halogens is 1. The minimum Gasteiger partial charge on any atom is -0.506 e. The number of hydrogen-bond acceptors (Lipinski definition) is 5. The van der Waals surface area contributed by atoms with Gasteiger partial charge in [-0.2, -0.15) is 5.10 Å². The van der Waals surface area contributed by atoms with Crippen molar-refractivity contribution < 1.29 is 10.2 Å². The number of para-hydroxylation sites is 3. The van der Waals surface area contributed by atoms with Crippen LogP contribution in [0.4, 0.5) is 11.4 Å². The van der Waals surface area contributed by atoms with Crippen molar-refractivity contribution in [2.45, 2.75) is 6.42 Å². The molecule has 0 radical (unpaired) electrons. The first-order valence-electron chi connectivity index (χ1n) is 8.64. The van der Waals surface area contributed by atoms with Gasteiger partial charge in [-0.25, -0.2) is 0 Å². The van der Waals surface area contributed by atoms with E-state index in [9.17, 15) is 10.2 Å². The van der Waals surface area contributed by atoms with E-state index in [1.807, 2.05) is 24.3 Å². The average molecular weight is 439 g/mol. The van der Waals surface area contributed by atoms with Crippen LogP contribution in [-0.2, 0) is 6.42 Å². The van der Waals surface area contributed by atoms with E-state index in [1.165, 1.54) is 5.56 Å². The van der Waals surface area contributed by atoms with Crippen LogP contribution in [0.1, 0.15) is 11.1 Å². The van der Waals surface area contributed by atoms with Crippen LogP contribution in [-0.4, -0.2) is 21.4 Å². The lowest BCUT2D eigenvalue weighted by Gasteiger charge is -2.06. The summed E-state index contributed by atoms with van der Waals surface area (Å²) in [5.74, 6) is 0.430. The molecule has 3 N–H and O–H groups in total. The highest BCUT2D eigenvalue weighted by atomic mass is 79.9. The molecule has 0 aliphatic carbocycles. The number of phenols is 2. The van der Waals surface area contributed by atoms with Gasteiger partial charge >= 0.3 is 0 Å². The van der Waals surface area contributed by atoms with Gasteiger partial charge in [-0.15, -0.1) is 10.2 Å². The van der Waals surface area contributed by atoms with Gasteiger partial charge in [-0.1, -0.05) is 64.5 Å². The number of rotatable bonds is 6. The van der Waals surface area contributed by atoms with E-state index in [2.05, 4.69) is 36.7 Å². The topological polar surface area (TPSA) is 89.6 Å². The average Bonchev–Trinajstić information content (AvgIpc) is 2.71. The predicted molar refractivity (Wildman–Crippen MR) is 115 cm³/mol. The fourth-order valence-corrected chi connectivity index (χ4v) is 2.86. The van der Waals surface area contributed by atoms with Crippen molar-refractivity contribution in [3.63, 3.8) is 0 Å². The van der Waals surface area contributed by atoms with Crippen molar-refractivity contribution in [2.75, 3.05) is 10.8 Å². The maximum Gasteiger partial charge on any atom is 0.201 e. The van der Waals surface area contributed by atoms with Crippen LogP contribution < -0.4 is 5.43 Å². The SMILES string of the molecule is Oc1ccccc1N=N/C(=N\Nc1ccccc1O)c1ccc(CCBr)cc1. The number of hydrogen-bond donors (Lipinski definition) is 3. The standard InChI is InChI=1S/C21H19BrN4O2/c22-14-13-15-9-11-16(12-10-15)21(25-23-17-5-1-3-7-19(17)27)26-24-18-6-2-4-8-20(18)28/h1-12,23,27-28H,13-14H2/b25-21-,26-24?. The van der Waals surface area contributed by atoms with E-state index in [-0.39, 0.29) is 11.5 Å². The molecule has 0 aliphatic rings. The number of hydrazone groups is 1. The smallest absolute Gasteiger partial charge is 0.201 e. The molecule has 0 unspecified atom stereocenters. The van der Waals surface area contributed by atoms with Gasteiger partial charge in [0.1, 0.15) is 17.2 Å². The van der Waals surface area contributed by atoms with Crippen LogP contribution in [0.15, 0.2) is 88.1 Å². The number of phenolic OH excluding ortho intramolecular Hbond substituents is 2. The van der Waals surface area contributed by atoms with E-state index in [1.54, 1.807) is 48.5 Å². The van der Waals surface area contributed by atoms with Gasteiger partial charge in [-0.3, -0.25) is 5.43 Å². The molecule has 6 nitrogen and oxygen atoms in total. The fourth-order valence-electron chi connectivity index (χ4n) is 2.41. The lowest BCUT2D eigenvalue weighted by Crippen LogP contribution is -2.02. The largest absolute Gasteiger partial charge is 0.506 e. The van der Waals surface area contributed by atoms with Crippen molar-refractivity contribution >= 4 is 33.1 Å². The predicted octanol–water partition coefficient (Wildman–Crippen LogP) is 5.59. The summed E-state index contributed by atoms with van der Waals surface area (Å²) in [4.78, 5) is 0. The molecule has 0 amide bonds. The zero-order valence-corrected chi connectivity index (χ0v) is 16.5. The Hall–Kier alpha value is -3.19. The summed E-state index contributed by atoms with van der Waals surface area (Å²) < 4.78 is 0. The molecule has 0 bridgehead atoms. The molecule has 0 atom stereocenters. The molecular formula is C21H19BrN4O2. The molecule has 0 aromatic heterocycles. The van der Waals surface area contributed by atoms with Crippen LogP contribution in [0.3, 0.4) is 0 Å². The molecule has 3 rings (SSSR count). The quantitative estimate of drug-likeness (QED) is 0.117. The lowest BCUT2D eigenvalue weighted by molar-refractivity contribution is 0.476. The second-order valence-electron chi connectivity index (χ2n) is 5.89. The number of amidine groups is 1. The first kappa shape index (κ1) is 19.6. The summed E-state index contributed by atoms with van der Waals surface area (Å²) >= 11 is 3.43. The summed E-state index contributed by atoms with van der Waals surface area (Å²) in [5.41, 5.74) is 5.55. The number of alkyl halides is 1. The van der Waals surface area contributed by atoms with Crippen LogP contribution in [0.25, 0.3) is 0 Å². The number of aromatic hydroxyl groups is 2. The molecule has 0 fully saturated rings. The molecule has 28 heavy (non-hydrogen) atoms. The van der Waals surface area contributed by atoms with E-state index < -0.39 is 0 Å². The molecular weight excluding hydrogens is 420 g/mol. The van der Waals surface area contributed by atoms with Crippen LogP contribution in [0.5, 0.6) is 11.5 Å². The van der Waals surface area contributed by atoms with Crippen molar-refractivity contribution in [1.82, 2.24) is 0 Å². The minimum atomic E-state index is 0.0342. The van der Waals surface area contributed by atoms with Crippen molar-refractivity contribution in [2.24, 2.45) is 15.3 Å². The van der Waals surface area contributed by atoms with Gasteiger partial charge < -0.3 is 10.2 Å². The third kappa shape index (κ3) is 5.17. The normalized spacial score (nSPS) is 11.7. The first-order chi connectivity index (χ1) is 13.7. The maximum absolute atomic E-state index is 9.91. The molecule has 0 saturated carbocycles. The minimum absolute atomic E-state index is 0.0342. The summed E-state index contributed by atoms with van der Waals surface area (Å²) in [5, 5.41) is 33.3. The van der Waals surface area contributed by atoms with Crippen molar-refractivity contribution in [3.05, 3.63) is 83.9 Å². The van der Waals surface area contributed by atoms with Crippen molar-refractivity contribution in [3.8, 4) is 11.5 Å². The van der Waals surface area contributed by atoms with E-state index in [0.717, 1.165) is 17.3 Å². The number of nitrogens with zero attached hydrogens (tertiary/aromatic N) is 3. The molecule has 0 spiro atoms. The number of anilines is 1. The van der Waals surface area contributed by atoms with E-state index >= 15 is 0 Å². The summed E-state index contributed by atoms with van der Waals surface area (Å²) in [6.07, 6.45) is 0.919. The summed E-state index contributed by atoms with van der Waals surface area (Å²) in [7, 11) is 0. The highest BCUT2D eigenvalue weighted by Gasteiger charge is 2.06. The van der Waals surface area contributed by atoms with Gasteiger partial charge in [0.2, 0.25) is 5.84 Å². The zero-order valence-electron chi connectivity index (χ0n) is 15.0. The Morgan fingerprint density at radius 1 is 0.857 bits per heavy atom. The molecule has 0 heterocycles. The van der Waals surface area contributed by atoms with Crippen LogP contribution >= 0.6 is 15.9 Å². The number of aryl methyl sites for hydroxylation is 1. The maximum atomic E-state index is 9.91. The molecule has 142 valence electrons. The Balaban J connectivity index is 1.92. The first-order valence-corrected chi connectivity index (χ1v) is 9.76. The Labute approximate surface area is 171 Å². The number of nitrogens with one attached hydrogen (secondary N) is 1. The Bertz CT molecular complexity index is 988. The van der Waals surface area contributed by atoms with Gasteiger partial charge in [0, 0.05) is 10.9 Å². The molecule has 0 aliphatic heterocycles. The Morgan fingerprint density at radius 3 is 2.21 bits per heavy atom. The Morgan fingerprint density at radius 2 is 1.54 bits per heavy atom. The highest BCUT2D eigenvalue weighted by molar-refractivity contribution is 9.09. The fraction of sp³-hybridized carbons (Fsp3) is 0.0952. The monoisotopic (exact) mass is 438 g/mol. The lowest BCUT2D eigenvalue weighted by atomic mass is 10.1. The van der Waals surface area contributed by atoms with Crippen LogP contribution in [0, 0.1) is 0 Å². The van der Waals surface area contributed by atoms with E-state index in [4.69, 9.17) is 0 Å². The van der Waals surface area contributed by atoms with Crippen molar-refractivity contribution in [1.29, 1.82) is 0 Å². The van der Waals surface area contributed by atoms with Gasteiger partial charge in [0.05, 0.1) is 5.69 Å². The second kappa shape index (κ2) is 9.66.